The van der Waals surface area contributed by atoms with E-state index in [1.54, 1.807) is 7.05 Å². The standard InChI is InChI=1S/C16H27F2N5O/c1-19-16(22-12-14-20-9-10-23(14)15(17)18)21-8-5-11-24-13-6-3-2-4-7-13/h9-10,13,15H,2-8,11-12H2,1H3,(H2,19,21,22). The van der Waals surface area contributed by atoms with Crippen LogP contribution in [0.5, 0.6) is 0 Å². The van der Waals surface area contributed by atoms with Crippen LogP contribution in [0.3, 0.4) is 0 Å². The first-order valence-electron chi connectivity index (χ1n) is 8.56. The van der Waals surface area contributed by atoms with Gasteiger partial charge in [-0.3, -0.25) is 9.56 Å². The number of nitrogens with one attached hydrogen (secondary N) is 2. The molecule has 2 N–H and O–H groups in total. The second-order valence-corrected chi connectivity index (χ2v) is 5.87. The first kappa shape index (κ1) is 18.6. The van der Waals surface area contributed by atoms with Crippen molar-refractivity contribution >= 4 is 5.96 Å². The third kappa shape index (κ3) is 6.07. The summed E-state index contributed by atoms with van der Waals surface area (Å²) in [5, 5.41) is 6.14. The minimum Gasteiger partial charge on any atom is -0.378 e. The maximum Gasteiger partial charge on any atom is 0.319 e. The van der Waals surface area contributed by atoms with Crippen molar-refractivity contribution in [3.63, 3.8) is 0 Å². The Kier molecular flexibility index (Phi) is 7.94. The molecule has 0 unspecified atom stereocenters. The molecule has 1 fully saturated rings. The van der Waals surface area contributed by atoms with Crippen molar-refractivity contribution in [3.05, 3.63) is 18.2 Å². The maximum atomic E-state index is 12.7. The van der Waals surface area contributed by atoms with Crippen LogP contribution in [0.25, 0.3) is 0 Å². The summed E-state index contributed by atoms with van der Waals surface area (Å²) in [6, 6.07) is 0. The molecule has 0 aliphatic heterocycles. The van der Waals surface area contributed by atoms with Crippen LogP contribution in [-0.2, 0) is 11.3 Å². The zero-order chi connectivity index (χ0) is 17.2. The number of aliphatic imine (C=N–C) groups is 1. The number of hydrogen-bond acceptors (Lipinski definition) is 3. The molecule has 136 valence electrons. The number of hydrogen-bond donors (Lipinski definition) is 2. The molecule has 0 spiro atoms. The number of aromatic nitrogens is 2. The van der Waals surface area contributed by atoms with E-state index in [9.17, 15) is 8.78 Å². The third-order valence-corrected chi connectivity index (χ3v) is 4.12. The molecule has 24 heavy (non-hydrogen) atoms. The first-order chi connectivity index (χ1) is 11.7. The fraction of sp³-hybridized carbons (Fsp3) is 0.750. The molecule has 1 aliphatic rings. The third-order valence-electron chi connectivity index (χ3n) is 4.12. The number of imidazole rings is 1. The summed E-state index contributed by atoms with van der Waals surface area (Å²) < 4.78 is 32.2. The van der Waals surface area contributed by atoms with E-state index in [2.05, 4.69) is 20.6 Å². The summed E-state index contributed by atoms with van der Waals surface area (Å²) in [5.74, 6) is 0.838. The van der Waals surface area contributed by atoms with Crippen LogP contribution in [0.4, 0.5) is 8.78 Å². The average molecular weight is 343 g/mol. The molecule has 0 aromatic carbocycles. The van der Waals surface area contributed by atoms with Crippen molar-refractivity contribution in [2.75, 3.05) is 20.2 Å². The van der Waals surface area contributed by atoms with Crippen LogP contribution in [0, 0.1) is 0 Å². The molecule has 0 bridgehead atoms. The minimum atomic E-state index is -2.59. The Balaban J connectivity index is 1.61. The van der Waals surface area contributed by atoms with E-state index < -0.39 is 6.55 Å². The number of alkyl halides is 2. The Morgan fingerprint density at radius 3 is 2.88 bits per heavy atom. The molecule has 2 rings (SSSR count). The van der Waals surface area contributed by atoms with E-state index >= 15 is 0 Å². The van der Waals surface area contributed by atoms with Gasteiger partial charge in [0.1, 0.15) is 5.82 Å². The smallest absolute Gasteiger partial charge is 0.319 e. The second-order valence-electron chi connectivity index (χ2n) is 5.87. The van der Waals surface area contributed by atoms with Crippen LogP contribution in [0.1, 0.15) is 50.9 Å². The summed E-state index contributed by atoms with van der Waals surface area (Å²) in [6.07, 6.45) is 10.1. The van der Waals surface area contributed by atoms with Crippen molar-refractivity contribution in [2.45, 2.75) is 57.7 Å². The normalized spacial score (nSPS) is 16.6. The molecule has 0 radical (unpaired) electrons. The Morgan fingerprint density at radius 2 is 2.17 bits per heavy atom. The van der Waals surface area contributed by atoms with Gasteiger partial charge in [-0.25, -0.2) is 4.98 Å². The highest BCUT2D eigenvalue weighted by atomic mass is 19.3. The monoisotopic (exact) mass is 343 g/mol. The van der Waals surface area contributed by atoms with Crippen molar-refractivity contribution in [3.8, 4) is 0 Å². The van der Waals surface area contributed by atoms with Crippen LogP contribution in [0.15, 0.2) is 17.4 Å². The number of rotatable bonds is 8. The van der Waals surface area contributed by atoms with E-state index in [0.29, 0.717) is 12.1 Å². The number of guanidine groups is 1. The predicted molar refractivity (Wildman–Crippen MR) is 89.1 cm³/mol. The van der Waals surface area contributed by atoms with Gasteiger partial charge in [0.15, 0.2) is 5.96 Å². The lowest BCUT2D eigenvalue weighted by atomic mass is 9.98. The van der Waals surface area contributed by atoms with E-state index in [-0.39, 0.29) is 12.4 Å². The summed E-state index contributed by atoms with van der Waals surface area (Å²) in [6.45, 7) is -0.952. The highest BCUT2D eigenvalue weighted by Gasteiger charge is 2.13. The average Bonchev–Trinajstić information content (AvgIpc) is 3.07. The second kappa shape index (κ2) is 10.2. The molecule has 1 saturated carbocycles. The van der Waals surface area contributed by atoms with Gasteiger partial charge < -0.3 is 15.4 Å². The van der Waals surface area contributed by atoms with Crippen molar-refractivity contribution in [2.24, 2.45) is 4.99 Å². The van der Waals surface area contributed by atoms with E-state index in [1.165, 1.54) is 44.5 Å². The van der Waals surface area contributed by atoms with Gasteiger partial charge in [-0.2, -0.15) is 8.78 Å². The van der Waals surface area contributed by atoms with E-state index in [1.807, 2.05) is 0 Å². The van der Waals surface area contributed by atoms with Crippen molar-refractivity contribution in [1.29, 1.82) is 0 Å². The quantitative estimate of drug-likeness (QED) is 0.433. The van der Waals surface area contributed by atoms with Crippen LogP contribution >= 0.6 is 0 Å². The molecule has 8 heteroatoms. The van der Waals surface area contributed by atoms with E-state index in [4.69, 9.17) is 4.74 Å². The van der Waals surface area contributed by atoms with Gasteiger partial charge in [0, 0.05) is 32.6 Å². The fourth-order valence-corrected chi connectivity index (χ4v) is 2.80. The first-order valence-corrected chi connectivity index (χ1v) is 8.56. The van der Waals surface area contributed by atoms with Gasteiger partial charge in [-0.15, -0.1) is 0 Å². The summed E-state index contributed by atoms with van der Waals surface area (Å²) >= 11 is 0. The molecule has 0 amide bonds. The Bertz CT molecular complexity index is 500. The molecule has 0 saturated heterocycles. The molecule has 1 aliphatic carbocycles. The summed E-state index contributed by atoms with van der Waals surface area (Å²) in [4.78, 5) is 8.00. The number of nitrogens with zero attached hydrogens (tertiary/aromatic N) is 3. The lowest BCUT2D eigenvalue weighted by molar-refractivity contribution is 0.0277. The Morgan fingerprint density at radius 1 is 1.38 bits per heavy atom. The topological polar surface area (TPSA) is 63.5 Å². The molecule has 1 aromatic rings. The van der Waals surface area contributed by atoms with Gasteiger partial charge in [0.2, 0.25) is 0 Å². The predicted octanol–water partition coefficient (Wildman–Crippen LogP) is 2.68. The van der Waals surface area contributed by atoms with Gasteiger partial charge >= 0.3 is 6.55 Å². The molecule has 1 heterocycles. The maximum absolute atomic E-state index is 12.7. The SMILES string of the molecule is CN=C(NCCCOC1CCCCC1)NCc1nccn1C(F)F. The molecular formula is C16H27F2N5O. The van der Waals surface area contributed by atoms with Crippen molar-refractivity contribution in [1.82, 2.24) is 20.2 Å². The number of halogens is 2. The molecular weight excluding hydrogens is 316 g/mol. The fourth-order valence-electron chi connectivity index (χ4n) is 2.80. The number of ether oxygens (including phenoxy) is 1. The van der Waals surface area contributed by atoms with Crippen LogP contribution in [0.2, 0.25) is 0 Å². The van der Waals surface area contributed by atoms with E-state index in [0.717, 1.165) is 24.1 Å². The molecule has 0 atom stereocenters. The summed E-state index contributed by atoms with van der Waals surface area (Å²) in [5.41, 5.74) is 0. The van der Waals surface area contributed by atoms with Crippen LogP contribution < -0.4 is 10.6 Å². The highest BCUT2D eigenvalue weighted by molar-refractivity contribution is 5.79. The van der Waals surface area contributed by atoms with Gasteiger partial charge in [-0.05, 0) is 19.3 Å². The largest absolute Gasteiger partial charge is 0.378 e. The summed E-state index contributed by atoms with van der Waals surface area (Å²) in [7, 11) is 1.65. The van der Waals surface area contributed by atoms with Crippen molar-refractivity contribution < 1.29 is 13.5 Å². The zero-order valence-corrected chi connectivity index (χ0v) is 14.2. The Labute approximate surface area is 141 Å². The van der Waals surface area contributed by atoms with Gasteiger partial charge in [-0.1, -0.05) is 19.3 Å². The van der Waals surface area contributed by atoms with Crippen LogP contribution in [-0.4, -0.2) is 41.8 Å². The lowest BCUT2D eigenvalue weighted by Crippen LogP contribution is -2.38. The molecule has 1 aromatic heterocycles. The zero-order valence-electron chi connectivity index (χ0n) is 14.2. The Hall–Kier alpha value is -1.70. The highest BCUT2D eigenvalue weighted by Crippen LogP contribution is 2.20. The minimum absolute atomic E-state index is 0.190. The van der Waals surface area contributed by atoms with Gasteiger partial charge in [0.25, 0.3) is 0 Å². The van der Waals surface area contributed by atoms with Gasteiger partial charge in [0.05, 0.1) is 12.6 Å². The lowest BCUT2D eigenvalue weighted by Gasteiger charge is -2.22. The molecule has 6 nitrogen and oxygen atoms in total.